The highest BCUT2D eigenvalue weighted by atomic mass is 16.7. The van der Waals surface area contributed by atoms with Crippen LogP contribution >= 0.6 is 0 Å². The van der Waals surface area contributed by atoms with Gasteiger partial charge in [-0.2, -0.15) is 5.48 Å². The van der Waals surface area contributed by atoms with E-state index in [4.69, 9.17) is 5.73 Å². The van der Waals surface area contributed by atoms with E-state index in [1.54, 1.807) is 4.90 Å². The number of nitrogens with zero attached hydrogens (tertiary/aromatic N) is 2. The Morgan fingerprint density at radius 2 is 1.68 bits per heavy atom. The van der Waals surface area contributed by atoms with E-state index < -0.39 is 12.1 Å². The van der Waals surface area contributed by atoms with Crippen molar-refractivity contribution in [2.45, 2.75) is 38.1 Å². The Bertz CT molecular complexity index is 323. The van der Waals surface area contributed by atoms with Crippen LogP contribution in [0.15, 0.2) is 0 Å². The number of nitrogens with one attached hydrogen (secondary N) is 1. The van der Waals surface area contributed by atoms with Crippen LogP contribution < -0.4 is 11.2 Å². The minimum Gasteiger partial charge on any atom is -0.349 e. The molecule has 0 aromatic carbocycles. The Morgan fingerprint density at radius 1 is 1.05 bits per heavy atom. The second-order valence-corrected chi connectivity index (χ2v) is 5.15. The average molecular weight is 270 g/mol. The van der Waals surface area contributed by atoms with Crippen LogP contribution in [0, 0.1) is 0 Å². The highest BCUT2D eigenvalue weighted by Gasteiger charge is 2.28. The monoisotopic (exact) mass is 270 g/mol. The summed E-state index contributed by atoms with van der Waals surface area (Å²) in [5.41, 5.74) is 6.69. The van der Waals surface area contributed by atoms with Crippen LogP contribution in [0.25, 0.3) is 0 Å². The van der Waals surface area contributed by atoms with Gasteiger partial charge in [-0.05, 0) is 38.8 Å². The maximum atomic E-state index is 11.6. The molecule has 2 aliphatic heterocycles. The summed E-state index contributed by atoms with van der Waals surface area (Å²) in [5, 5.41) is 0. The van der Waals surface area contributed by atoms with Gasteiger partial charge < -0.3 is 20.4 Å². The molecule has 2 fully saturated rings. The van der Waals surface area contributed by atoms with Crippen molar-refractivity contribution in [2.75, 3.05) is 26.2 Å². The van der Waals surface area contributed by atoms with Crippen LogP contribution in [0.4, 0.5) is 9.59 Å². The fourth-order valence-corrected chi connectivity index (χ4v) is 2.86. The third-order valence-electron chi connectivity index (χ3n) is 3.87. The topological polar surface area (TPSA) is 87.9 Å². The molecule has 19 heavy (non-hydrogen) atoms. The molecule has 108 valence electrons. The van der Waals surface area contributed by atoms with Crippen LogP contribution in [-0.4, -0.2) is 54.1 Å². The third kappa shape index (κ3) is 3.99. The first-order chi connectivity index (χ1) is 9.16. The summed E-state index contributed by atoms with van der Waals surface area (Å²) >= 11 is 0. The van der Waals surface area contributed by atoms with Crippen LogP contribution in [0.3, 0.4) is 0 Å². The minimum atomic E-state index is -0.864. The molecule has 0 unspecified atom stereocenters. The summed E-state index contributed by atoms with van der Waals surface area (Å²) < 4.78 is 0. The fourth-order valence-electron chi connectivity index (χ4n) is 2.86. The van der Waals surface area contributed by atoms with Gasteiger partial charge in [-0.15, -0.1) is 0 Å². The largest absolute Gasteiger partial charge is 0.434 e. The zero-order valence-electron chi connectivity index (χ0n) is 11.1. The number of carbonyl (C=O) groups excluding carboxylic acids is 2. The first-order valence-electron chi connectivity index (χ1n) is 6.92. The molecule has 0 radical (unpaired) electrons. The second-order valence-electron chi connectivity index (χ2n) is 5.15. The number of piperidine rings is 2. The standard InChI is InChI=1S/C12H22N4O3/c13-11(17)14-19-12(18)16-8-4-10(5-9-16)15-6-2-1-3-7-15/h10H,1-9H2,(H3,13,14,17). The first kappa shape index (κ1) is 13.9. The van der Waals surface area contributed by atoms with Gasteiger partial charge in [0.2, 0.25) is 0 Å². The van der Waals surface area contributed by atoms with E-state index in [-0.39, 0.29) is 0 Å². The summed E-state index contributed by atoms with van der Waals surface area (Å²) in [5.74, 6) is 0. The number of hydrogen-bond donors (Lipinski definition) is 2. The van der Waals surface area contributed by atoms with Gasteiger partial charge >= 0.3 is 12.1 Å². The Hall–Kier alpha value is -1.50. The Morgan fingerprint density at radius 3 is 2.26 bits per heavy atom. The van der Waals surface area contributed by atoms with Gasteiger partial charge in [-0.1, -0.05) is 6.42 Å². The van der Waals surface area contributed by atoms with E-state index in [2.05, 4.69) is 9.74 Å². The summed E-state index contributed by atoms with van der Waals surface area (Å²) in [6.07, 6.45) is 5.30. The minimum absolute atomic E-state index is 0.532. The number of hydroxylamine groups is 1. The highest BCUT2D eigenvalue weighted by Crippen LogP contribution is 2.20. The van der Waals surface area contributed by atoms with Crippen LogP contribution in [0.1, 0.15) is 32.1 Å². The molecule has 2 rings (SSSR count). The lowest BCUT2D eigenvalue weighted by Gasteiger charge is -2.39. The molecule has 0 aliphatic carbocycles. The number of amides is 3. The summed E-state index contributed by atoms with van der Waals surface area (Å²) in [4.78, 5) is 30.8. The molecule has 0 aromatic rings. The van der Waals surface area contributed by atoms with Gasteiger partial charge in [0.05, 0.1) is 0 Å². The number of urea groups is 1. The smallest absolute Gasteiger partial charge is 0.349 e. The van der Waals surface area contributed by atoms with E-state index in [9.17, 15) is 9.59 Å². The van der Waals surface area contributed by atoms with Gasteiger partial charge in [-0.25, -0.2) is 9.59 Å². The van der Waals surface area contributed by atoms with E-state index in [0.717, 1.165) is 12.8 Å². The van der Waals surface area contributed by atoms with Gasteiger partial charge in [0, 0.05) is 19.1 Å². The molecule has 0 saturated carbocycles. The van der Waals surface area contributed by atoms with Crippen LogP contribution in [0.2, 0.25) is 0 Å². The van der Waals surface area contributed by atoms with Gasteiger partial charge in [0.15, 0.2) is 0 Å². The van der Waals surface area contributed by atoms with Crippen molar-refractivity contribution in [2.24, 2.45) is 5.73 Å². The third-order valence-corrected chi connectivity index (χ3v) is 3.87. The predicted octanol–water partition coefficient (Wildman–Crippen LogP) is 0.657. The maximum absolute atomic E-state index is 11.6. The first-order valence-corrected chi connectivity index (χ1v) is 6.92. The van der Waals surface area contributed by atoms with Gasteiger partial charge in [0.25, 0.3) is 0 Å². The maximum Gasteiger partial charge on any atom is 0.434 e. The zero-order valence-corrected chi connectivity index (χ0v) is 11.1. The molecule has 2 aliphatic rings. The van der Waals surface area contributed by atoms with E-state index in [1.165, 1.54) is 32.4 Å². The van der Waals surface area contributed by atoms with Gasteiger partial charge in [0.1, 0.15) is 0 Å². The lowest BCUT2D eigenvalue weighted by Crippen LogP contribution is -2.49. The van der Waals surface area contributed by atoms with Crippen LogP contribution in [0.5, 0.6) is 0 Å². The molecule has 7 heteroatoms. The Labute approximate surface area is 113 Å². The van der Waals surface area contributed by atoms with Crippen molar-refractivity contribution in [3.05, 3.63) is 0 Å². The summed E-state index contributed by atoms with van der Waals surface area (Å²) in [6, 6.07) is -0.287. The van der Waals surface area contributed by atoms with E-state index >= 15 is 0 Å². The number of hydrogen-bond acceptors (Lipinski definition) is 4. The van der Waals surface area contributed by atoms with E-state index in [0.29, 0.717) is 19.1 Å². The number of nitrogens with two attached hydrogens (primary N) is 1. The van der Waals surface area contributed by atoms with Crippen molar-refractivity contribution >= 4 is 12.1 Å². The molecule has 3 N–H and O–H groups in total. The normalized spacial score (nSPS) is 22.0. The summed E-state index contributed by atoms with van der Waals surface area (Å²) in [7, 11) is 0. The number of rotatable bonds is 1. The van der Waals surface area contributed by atoms with Crippen molar-refractivity contribution in [1.29, 1.82) is 0 Å². The zero-order chi connectivity index (χ0) is 13.7. The molecule has 0 aromatic heterocycles. The van der Waals surface area contributed by atoms with Crippen molar-refractivity contribution < 1.29 is 14.4 Å². The molecule has 0 atom stereocenters. The molecule has 0 spiro atoms. The molecule has 7 nitrogen and oxygen atoms in total. The van der Waals surface area contributed by atoms with Gasteiger partial charge in [-0.3, -0.25) is 0 Å². The molecular formula is C12H22N4O3. The van der Waals surface area contributed by atoms with Crippen molar-refractivity contribution in [1.82, 2.24) is 15.3 Å². The molecule has 3 amide bonds. The second kappa shape index (κ2) is 6.60. The van der Waals surface area contributed by atoms with E-state index in [1.807, 2.05) is 5.48 Å². The lowest BCUT2D eigenvalue weighted by molar-refractivity contribution is 0.0461. The van der Waals surface area contributed by atoms with Crippen molar-refractivity contribution in [3.63, 3.8) is 0 Å². The van der Waals surface area contributed by atoms with Crippen molar-refractivity contribution in [3.8, 4) is 0 Å². The highest BCUT2D eigenvalue weighted by molar-refractivity contribution is 5.74. The number of primary amides is 1. The lowest BCUT2D eigenvalue weighted by atomic mass is 10.0. The van der Waals surface area contributed by atoms with Crippen LogP contribution in [-0.2, 0) is 4.84 Å². The Kier molecular flexibility index (Phi) is 4.84. The molecule has 2 saturated heterocycles. The average Bonchev–Trinajstić information content (AvgIpc) is 2.46. The quantitative estimate of drug-likeness (QED) is 0.685. The molecule has 0 bridgehead atoms. The predicted molar refractivity (Wildman–Crippen MR) is 69.2 cm³/mol. The molecular weight excluding hydrogens is 248 g/mol. The molecule has 2 heterocycles. The fraction of sp³-hybridized carbons (Fsp3) is 0.833. The Balaban J connectivity index is 1.72. The summed E-state index contributed by atoms with van der Waals surface area (Å²) in [6.45, 7) is 3.69. The number of carbonyl (C=O) groups is 2. The number of likely N-dealkylation sites (tertiary alicyclic amines) is 2. The SMILES string of the molecule is NC(=O)NOC(=O)N1CCC(N2CCCCC2)CC1.